The third-order valence-electron chi connectivity index (χ3n) is 5.33. The van der Waals surface area contributed by atoms with Gasteiger partial charge < -0.3 is 14.0 Å². The largest absolute Gasteiger partial charge is 0.465 e. The van der Waals surface area contributed by atoms with E-state index in [2.05, 4.69) is 5.10 Å². The first kappa shape index (κ1) is 22.0. The highest BCUT2D eigenvalue weighted by atomic mass is 16.5. The molecule has 3 aromatic rings. The summed E-state index contributed by atoms with van der Waals surface area (Å²) >= 11 is 0. The van der Waals surface area contributed by atoms with Crippen molar-refractivity contribution in [2.24, 2.45) is 7.05 Å². The van der Waals surface area contributed by atoms with Gasteiger partial charge in [0.15, 0.2) is 6.61 Å². The van der Waals surface area contributed by atoms with Crippen LogP contribution in [0.4, 0.5) is 0 Å². The Kier molecular flexibility index (Phi) is 6.10. The van der Waals surface area contributed by atoms with Crippen LogP contribution in [0.25, 0.3) is 5.69 Å². The van der Waals surface area contributed by atoms with E-state index in [1.54, 1.807) is 55.9 Å². The third-order valence-corrected chi connectivity index (χ3v) is 5.33. The number of aryl methyl sites for hydroxylation is 3. The zero-order chi connectivity index (χ0) is 22.9. The molecule has 3 rings (SSSR count). The molecule has 0 unspecified atom stereocenters. The van der Waals surface area contributed by atoms with Gasteiger partial charge in [0, 0.05) is 35.4 Å². The van der Waals surface area contributed by atoms with E-state index >= 15 is 0 Å². The predicted octanol–water partition coefficient (Wildman–Crippen LogP) is 3.27. The van der Waals surface area contributed by atoms with Gasteiger partial charge in [-0.3, -0.25) is 9.48 Å². The highest BCUT2D eigenvalue weighted by Gasteiger charge is 2.22. The number of methoxy groups -OCH3 is 1. The van der Waals surface area contributed by atoms with Gasteiger partial charge in [-0.1, -0.05) is 0 Å². The number of Topliss-reactive ketones (excluding diaryl/α,β-unsaturated/α-hetero) is 1. The van der Waals surface area contributed by atoms with Crippen molar-refractivity contribution in [2.45, 2.75) is 27.7 Å². The highest BCUT2D eigenvalue weighted by molar-refractivity contribution is 6.01. The van der Waals surface area contributed by atoms with E-state index in [0.717, 1.165) is 17.1 Å². The number of aromatic nitrogens is 3. The van der Waals surface area contributed by atoms with Crippen LogP contribution in [0.1, 0.15) is 53.8 Å². The Labute approximate surface area is 180 Å². The Bertz CT molecular complexity index is 1170. The fraction of sp³-hybridized carbons (Fsp3) is 0.304. The number of benzene rings is 1. The molecule has 31 heavy (non-hydrogen) atoms. The summed E-state index contributed by atoms with van der Waals surface area (Å²) in [5.74, 6) is -1.27. The number of hydrogen-bond acceptors (Lipinski definition) is 6. The molecule has 162 valence electrons. The van der Waals surface area contributed by atoms with Crippen LogP contribution in [0.15, 0.2) is 30.3 Å². The molecule has 0 saturated carbocycles. The van der Waals surface area contributed by atoms with Gasteiger partial charge in [0.2, 0.25) is 5.78 Å². The van der Waals surface area contributed by atoms with Crippen LogP contribution in [0, 0.1) is 27.7 Å². The second-order valence-electron chi connectivity index (χ2n) is 7.33. The lowest BCUT2D eigenvalue weighted by molar-refractivity contribution is 0.0472. The molecule has 0 fully saturated rings. The topological polar surface area (TPSA) is 92.4 Å². The van der Waals surface area contributed by atoms with Crippen molar-refractivity contribution in [1.29, 1.82) is 0 Å². The van der Waals surface area contributed by atoms with Gasteiger partial charge in [0.1, 0.15) is 5.56 Å². The van der Waals surface area contributed by atoms with Gasteiger partial charge >= 0.3 is 11.9 Å². The second-order valence-corrected chi connectivity index (χ2v) is 7.33. The first-order valence-corrected chi connectivity index (χ1v) is 9.74. The lowest BCUT2D eigenvalue weighted by Crippen LogP contribution is -2.16. The van der Waals surface area contributed by atoms with Gasteiger partial charge in [-0.25, -0.2) is 9.59 Å². The summed E-state index contributed by atoms with van der Waals surface area (Å²) in [6, 6.07) is 8.67. The van der Waals surface area contributed by atoms with Crippen molar-refractivity contribution in [1.82, 2.24) is 14.3 Å². The molecule has 2 aromatic heterocycles. The van der Waals surface area contributed by atoms with Crippen molar-refractivity contribution in [3.8, 4) is 5.69 Å². The van der Waals surface area contributed by atoms with Crippen LogP contribution in [0.3, 0.4) is 0 Å². The first-order valence-electron chi connectivity index (χ1n) is 9.74. The second kappa shape index (κ2) is 8.59. The maximum Gasteiger partial charge on any atom is 0.342 e. The van der Waals surface area contributed by atoms with Crippen molar-refractivity contribution in [3.63, 3.8) is 0 Å². The molecule has 0 radical (unpaired) electrons. The van der Waals surface area contributed by atoms with Crippen LogP contribution in [-0.2, 0) is 16.5 Å². The van der Waals surface area contributed by atoms with Crippen LogP contribution in [0.2, 0.25) is 0 Å². The van der Waals surface area contributed by atoms with Crippen molar-refractivity contribution in [2.75, 3.05) is 13.7 Å². The predicted molar refractivity (Wildman–Crippen MR) is 114 cm³/mol. The van der Waals surface area contributed by atoms with E-state index in [4.69, 9.17) is 9.47 Å². The highest BCUT2D eigenvalue weighted by Crippen LogP contribution is 2.22. The molecule has 0 saturated heterocycles. The lowest BCUT2D eigenvalue weighted by Gasteiger charge is -2.11. The molecule has 0 spiro atoms. The average molecular weight is 423 g/mol. The van der Waals surface area contributed by atoms with E-state index in [-0.39, 0.29) is 12.4 Å². The minimum Gasteiger partial charge on any atom is -0.465 e. The molecule has 1 aromatic carbocycles. The molecular weight excluding hydrogens is 398 g/mol. The minimum absolute atomic E-state index is 0.293. The van der Waals surface area contributed by atoms with Crippen LogP contribution >= 0.6 is 0 Å². The number of ether oxygens (including phenoxy) is 2. The smallest absolute Gasteiger partial charge is 0.342 e. The van der Waals surface area contributed by atoms with Crippen molar-refractivity contribution in [3.05, 3.63) is 69.8 Å². The minimum atomic E-state index is -0.566. The zero-order valence-corrected chi connectivity index (χ0v) is 18.5. The number of carbonyl (C=O) groups is 3. The number of hydrogen-bond donors (Lipinski definition) is 0. The standard InChI is InChI=1S/C23H25N3O5/c1-13-11-19(15(3)26(13)18-9-7-17(8-10-18)22(28)30-6)20(27)12-31-23(29)21-14(2)24-25(5)16(21)4/h7-11H,12H2,1-6H3. The van der Waals surface area contributed by atoms with Crippen LogP contribution in [-0.4, -0.2) is 45.8 Å². The number of carbonyl (C=O) groups excluding carboxylic acids is 3. The molecule has 0 aliphatic rings. The normalized spacial score (nSPS) is 10.8. The van der Waals surface area contributed by atoms with E-state index < -0.39 is 11.9 Å². The summed E-state index contributed by atoms with van der Waals surface area (Å²) in [4.78, 5) is 36.9. The Morgan fingerprint density at radius 1 is 0.968 bits per heavy atom. The maximum absolute atomic E-state index is 12.8. The fourth-order valence-corrected chi connectivity index (χ4v) is 3.66. The first-order chi connectivity index (χ1) is 14.6. The van der Waals surface area contributed by atoms with Gasteiger partial charge in [0.05, 0.1) is 18.4 Å². The van der Waals surface area contributed by atoms with E-state index in [0.29, 0.717) is 28.1 Å². The lowest BCUT2D eigenvalue weighted by atomic mass is 10.1. The van der Waals surface area contributed by atoms with Crippen LogP contribution < -0.4 is 0 Å². The van der Waals surface area contributed by atoms with Crippen molar-refractivity contribution < 1.29 is 23.9 Å². The number of esters is 2. The van der Waals surface area contributed by atoms with E-state index in [1.807, 2.05) is 18.4 Å². The monoisotopic (exact) mass is 423 g/mol. The molecule has 0 aliphatic heterocycles. The molecule has 0 aliphatic carbocycles. The third kappa shape index (κ3) is 4.14. The molecule has 0 atom stereocenters. The summed E-state index contributed by atoms with van der Waals surface area (Å²) in [6.45, 7) is 6.85. The average Bonchev–Trinajstić information content (AvgIpc) is 3.19. The molecular formula is C23H25N3O5. The summed E-state index contributed by atoms with van der Waals surface area (Å²) in [6.07, 6.45) is 0. The van der Waals surface area contributed by atoms with Gasteiger partial charge in [-0.2, -0.15) is 5.10 Å². The summed E-state index contributed by atoms with van der Waals surface area (Å²) in [5.41, 5.74) is 4.91. The Hall–Kier alpha value is -3.68. The summed E-state index contributed by atoms with van der Waals surface area (Å²) in [5, 5.41) is 4.20. The van der Waals surface area contributed by atoms with Crippen molar-refractivity contribution >= 4 is 17.7 Å². The molecule has 8 heteroatoms. The summed E-state index contributed by atoms with van der Waals surface area (Å²) in [7, 11) is 3.08. The van der Waals surface area contributed by atoms with Gasteiger partial charge in [-0.15, -0.1) is 0 Å². The Morgan fingerprint density at radius 3 is 2.16 bits per heavy atom. The van der Waals surface area contributed by atoms with Gasteiger partial charge in [0.25, 0.3) is 0 Å². The number of rotatable bonds is 6. The number of nitrogens with zero attached hydrogens (tertiary/aromatic N) is 3. The van der Waals surface area contributed by atoms with E-state index in [1.165, 1.54) is 7.11 Å². The van der Waals surface area contributed by atoms with Crippen LogP contribution in [0.5, 0.6) is 0 Å². The summed E-state index contributed by atoms with van der Waals surface area (Å²) < 4.78 is 13.5. The molecule has 0 amide bonds. The SMILES string of the molecule is COC(=O)c1ccc(-n2c(C)cc(C(=O)COC(=O)c3c(C)nn(C)c3C)c2C)cc1. The van der Waals surface area contributed by atoms with Gasteiger partial charge in [-0.05, 0) is 58.0 Å². The zero-order valence-electron chi connectivity index (χ0n) is 18.5. The molecule has 0 N–H and O–H groups in total. The maximum atomic E-state index is 12.8. The van der Waals surface area contributed by atoms with E-state index in [9.17, 15) is 14.4 Å². The number of ketones is 1. The molecule has 2 heterocycles. The Balaban J connectivity index is 1.79. The fourth-order valence-electron chi connectivity index (χ4n) is 3.66. The quantitative estimate of drug-likeness (QED) is 0.446. The molecule has 8 nitrogen and oxygen atoms in total. The Morgan fingerprint density at radius 2 is 1.61 bits per heavy atom. The molecule has 0 bridgehead atoms.